The zero-order chi connectivity index (χ0) is 11.8. The number of benzene rings is 1. The van der Waals surface area contributed by atoms with Gasteiger partial charge in [0, 0.05) is 11.6 Å². The molecule has 0 saturated carbocycles. The molecule has 0 atom stereocenters. The molecule has 0 fully saturated rings. The summed E-state index contributed by atoms with van der Waals surface area (Å²) in [6.45, 7) is 2.43. The van der Waals surface area contributed by atoms with Crippen molar-refractivity contribution < 1.29 is 23.1 Å². The van der Waals surface area contributed by atoms with Crippen LogP contribution in [0.4, 0.5) is 13.2 Å². The Morgan fingerprint density at radius 3 is 2.07 bits per heavy atom. The second-order valence-corrected chi connectivity index (χ2v) is 3.68. The maximum Gasteiger partial charge on any atom is 0.313 e. The molecule has 1 aromatic carbocycles. The van der Waals surface area contributed by atoms with Crippen molar-refractivity contribution in [1.82, 2.24) is 0 Å². The van der Waals surface area contributed by atoms with Crippen molar-refractivity contribution in [2.45, 2.75) is 19.3 Å². The number of carboxylic acid groups (broad SMARTS) is 1. The standard InChI is InChI=1S/C10H9F3O2/c1-10(2,9(14)15)5-3-7(12)8(13)4-6(5)11/h3-4H,1-2H3,(H,14,15). The Hall–Kier alpha value is -1.52. The molecule has 0 saturated heterocycles. The molecule has 0 aliphatic rings. The highest BCUT2D eigenvalue weighted by Crippen LogP contribution is 2.27. The highest BCUT2D eigenvalue weighted by atomic mass is 19.2. The smallest absolute Gasteiger partial charge is 0.313 e. The van der Waals surface area contributed by atoms with Crippen molar-refractivity contribution in [3.8, 4) is 0 Å². The Morgan fingerprint density at radius 2 is 1.60 bits per heavy atom. The van der Waals surface area contributed by atoms with Crippen LogP contribution in [0, 0.1) is 17.5 Å². The maximum atomic E-state index is 13.2. The highest BCUT2D eigenvalue weighted by Gasteiger charge is 2.33. The highest BCUT2D eigenvalue weighted by molar-refractivity contribution is 5.80. The first-order valence-electron chi connectivity index (χ1n) is 4.15. The molecule has 0 aliphatic carbocycles. The Labute approximate surface area is 84.3 Å². The van der Waals surface area contributed by atoms with Gasteiger partial charge in [0.05, 0.1) is 5.41 Å². The summed E-state index contributed by atoms with van der Waals surface area (Å²) in [7, 11) is 0. The van der Waals surface area contributed by atoms with Gasteiger partial charge >= 0.3 is 5.97 Å². The van der Waals surface area contributed by atoms with Crippen LogP contribution >= 0.6 is 0 Å². The zero-order valence-corrected chi connectivity index (χ0v) is 8.14. The second kappa shape index (κ2) is 3.56. The summed E-state index contributed by atoms with van der Waals surface area (Å²) >= 11 is 0. The first-order chi connectivity index (χ1) is 6.76. The van der Waals surface area contributed by atoms with Crippen molar-refractivity contribution in [2.24, 2.45) is 0 Å². The average molecular weight is 218 g/mol. The lowest BCUT2D eigenvalue weighted by atomic mass is 9.84. The first kappa shape index (κ1) is 11.6. The molecule has 0 heterocycles. The van der Waals surface area contributed by atoms with Crippen LogP contribution in [0.25, 0.3) is 0 Å². The van der Waals surface area contributed by atoms with E-state index in [-0.39, 0.29) is 5.56 Å². The van der Waals surface area contributed by atoms with E-state index in [0.717, 1.165) is 0 Å². The van der Waals surface area contributed by atoms with Gasteiger partial charge < -0.3 is 5.11 Å². The molecule has 1 rings (SSSR count). The molecule has 0 aliphatic heterocycles. The molecule has 0 amide bonds. The molecule has 0 bridgehead atoms. The van der Waals surface area contributed by atoms with Crippen molar-refractivity contribution >= 4 is 5.97 Å². The van der Waals surface area contributed by atoms with Crippen LogP contribution in [0.5, 0.6) is 0 Å². The van der Waals surface area contributed by atoms with Gasteiger partial charge in [-0.25, -0.2) is 13.2 Å². The Kier molecular flexibility index (Phi) is 2.75. The fourth-order valence-corrected chi connectivity index (χ4v) is 1.12. The normalized spacial score (nSPS) is 11.5. The quantitative estimate of drug-likeness (QED) is 0.774. The zero-order valence-electron chi connectivity index (χ0n) is 8.14. The van der Waals surface area contributed by atoms with E-state index in [1.165, 1.54) is 13.8 Å². The monoisotopic (exact) mass is 218 g/mol. The van der Waals surface area contributed by atoms with Gasteiger partial charge in [0.15, 0.2) is 11.6 Å². The average Bonchev–Trinajstić information content (AvgIpc) is 2.10. The van der Waals surface area contributed by atoms with Crippen LogP contribution in [0.1, 0.15) is 19.4 Å². The van der Waals surface area contributed by atoms with E-state index in [9.17, 15) is 18.0 Å². The van der Waals surface area contributed by atoms with Gasteiger partial charge in [-0.05, 0) is 19.9 Å². The van der Waals surface area contributed by atoms with Gasteiger partial charge in [-0.1, -0.05) is 0 Å². The largest absolute Gasteiger partial charge is 0.481 e. The SMILES string of the molecule is CC(C)(C(=O)O)c1cc(F)c(F)cc1F. The minimum atomic E-state index is -1.60. The summed E-state index contributed by atoms with van der Waals surface area (Å²) in [6.07, 6.45) is 0. The topological polar surface area (TPSA) is 37.3 Å². The van der Waals surface area contributed by atoms with Crippen LogP contribution in [0.2, 0.25) is 0 Å². The molecule has 5 heteroatoms. The van der Waals surface area contributed by atoms with Crippen LogP contribution < -0.4 is 0 Å². The van der Waals surface area contributed by atoms with Crippen LogP contribution in [0.15, 0.2) is 12.1 Å². The van der Waals surface area contributed by atoms with E-state index < -0.39 is 28.8 Å². The third-order valence-corrected chi connectivity index (χ3v) is 2.22. The van der Waals surface area contributed by atoms with Crippen LogP contribution in [-0.4, -0.2) is 11.1 Å². The predicted molar refractivity (Wildman–Crippen MR) is 47.0 cm³/mol. The van der Waals surface area contributed by atoms with E-state index in [4.69, 9.17) is 5.11 Å². The lowest BCUT2D eigenvalue weighted by molar-refractivity contribution is -0.142. The summed E-state index contributed by atoms with van der Waals surface area (Å²) < 4.78 is 38.6. The molecular weight excluding hydrogens is 209 g/mol. The van der Waals surface area contributed by atoms with E-state index >= 15 is 0 Å². The number of carbonyl (C=O) groups is 1. The van der Waals surface area contributed by atoms with E-state index in [2.05, 4.69) is 0 Å². The third kappa shape index (κ3) is 1.95. The Bertz CT molecular complexity index is 413. The number of carboxylic acids is 1. The number of halogens is 3. The maximum absolute atomic E-state index is 13.2. The molecule has 0 spiro atoms. The Balaban J connectivity index is 3.38. The molecule has 82 valence electrons. The number of aliphatic carboxylic acids is 1. The third-order valence-electron chi connectivity index (χ3n) is 2.22. The lowest BCUT2D eigenvalue weighted by Gasteiger charge is -2.20. The van der Waals surface area contributed by atoms with Gasteiger partial charge in [-0.2, -0.15) is 0 Å². The molecule has 1 N–H and O–H groups in total. The van der Waals surface area contributed by atoms with Crippen LogP contribution in [-0.2, 0) is 10.2 Å². The molecule has 1 aromatic rings. The lowest BCUT2D eigenvalue weighted by Crippen LogP contribution is -2.30. The van der Waals surface area contributed by atoms with Gasteiger partial charge in [-0.3, -0.25) is 4.79 Å². The number of hydrogen-bond donors (Lipinski definition) is 1. The first-order valence-corrected chi connectivity index (χ1v) is 4.15. The van der Waals surface area contributed by atoms with E-state index in [1.54, 1.807) is 0 Å². The minimum absolute atomic E-state index is 0.343. The molecular formula is C10H9F3O2. The van der Waals surface area contributed by atoms with Crippen LogP contribution in [0.3, 0.4) is 0 Å². The van der Waals surface area contributed by atoms with Crippen molar-refractivity contribution in [1.29, 1.82) is 0 Å². The summed E-state index contributed by atoms with van der Waals surface area (Å²) in [4.78, 5) is 10.8. The summed E-state index contributed by atoms with van der Waals surface area (Å²) in [5, 5.41) is 8.80. The van der Waals surface area contributed by atoms with Gasteiger partial charge in [0.2, 0.25) is 0 Å². The summed E-state index contributed by atoms with van der Waals surface area (Å²) in [5.41, 5.74) is -1.98. The van der Waals surface area contributed by atoms with E-state index in [0.29, 0.717) is 12.1 Å². The number of hydrogen-bond acceptors (Lipinski definition) is 1. The molecule has 0 aromatic heterocycles. The van der Waals surface area contributed by atoms with Crippen molar-refractivity contribution in [2.75, 3.05) is 0 Å². The number of rotatable bonds is 2. The van der Waals surface area contributed by atoms with Gasteiger partial charge in [-0.15, -0.1) is 0 Å². The fraction of sp³-hybridized carbons (Fsp3) is 0.300. The predicted octanol–water partition coefficient (Wildman–Crippen LogP) is 2.47. The van der Waals surface area contributed by atoms with E-state index in [1.807, 2.05) is 0 Å². The minimum Gasteiger partial charge on any atom is -0.481 e. The summed E-state index contributed by atoms with van der Waals surface area (Å²) in [6, 6.07) is 0.911. The fourth-order valence-electron chi connectivity index (χ4n) is 1.12. The molecule has 0 unspecified atom stereocenters. The second-order valence-electron chi connectivity index (χ2n) is 3.68. The molecule has 15 heavy (non-hydrogen) atoms. The Morgan fingerprint density at radius 1 is 1.13 bits per heavy atom. The summed E-state index contributed by atoms with van der Waals surface area (Å²) in [5.74, 6) is -4.98. The van der Waals surface area contributed by atoms with Gasteiger partial charge in [0.25, 0.3) is 0 Å². The van der Waals surface area contributed by atoms with Crippen molar-refractivity contribution in [3.05, 3.63) is 35.1 Å². The van der Waals surface area contributed by atoms with Gasteiger partial charge in [0.1, 0.15) is 5.82 Å². The molecule has 0 radical (unpaired) electrons. The van der Waals surface area contributed by atoms with Crippen molar-refractivity contribution in [3.63, 3.8) is 0 Å². The molecule has 2 nitrogen and oxygen atoms in total.